The molecule has 0 aliphatic rings. The lowest BCUT2D eigenvalue weighted by Gasteiger charge is -2.11. The lowest BCUT2D eigenvalue weighted by atomic mass is 10.0. The van der Waals surface area contributed by atoms with Gasteiger partial charge in [0.15, 0.2) is 0 Å². The van der Waals surface area contributed by atoms with E-state index in [2.05, 4.69) is 202 Å². The normalized spacial score (nSPS) is 11.9. The van der Waals surface area contributed by atoms with Crippen LogP contribution in [0.25, 0.3) is 93.6 Å². The Morgan fingerprint density at radius 2 is 0.588 bits per heavy atom. The van der Waals surface area contributed by atoms with E-state index in [0.717, 1.165) is 11.4 Å². The maximum absolute atomic E-state index is 2.43. The van der Waals surface area contributed by atoms with Gasteiger partial charge >= 0.3 is 0 Å². The molecule has 238 valence electrons. The molecule has 11 rings (SSSR count). The van der Waals surface area contributed by atoms with E-state index < -0.39 is 0 Å². The van der Waals surface area contributed by atoms with Gasteiger partial charge in [-0.05, 0) is 90.0 Å². The van der Waals surface area contributed by atoms with Crippen molar-refractivity contribution in [2.75, 3.05) is 0 Å². The van der Waals surface area contributed by atoms with E-state index in [1.165, 1.54) is 82.2 Å². The smallest absolute Gasteiger partial charge is 0.0561 e. The number of rotatable bonds is 4. The highest BCUT2D eigenvalue weighted by atomic mass is 15.0. The minimum Gasteiger partial charge on any atom is -0.309 e. The van der Waals surface area contributed by atoms with Crippen molar-refractivity contribution in [3.05, 3.63) is 188 Å². The summed E-state index contributed by atoms with van der Waals surface area (Å²) in [6, 6.07) is 68.4. The topological polar surface area (TPSA) is 14.8 Å². The molecule has 3 nitrogen and oxygen atoms in total. The van der Waals surface area contributed by atoms with Crippen molar-refractivity contribution in [2.24, 2.45) is 0 Å². The molecule has 3 aromatic heterocycles. The molecule has 3 heterocycles. The van der Waals surface area contributed by atoms with Crippen LogP contribution in [0.1, 0.15) is 0 Å². The molecule has 0 atom stereocenters. The zero-order chi connectivity index (χ0) is 33.5. The number of hydrogen-bond donors (Lipinski definition) is 0. The molecule has 0 saturated carbocycles. The summed E-state index contributed by atoms with van der Waals surface area (Å²) in [5.41, 5.74) is 13.2. The van der Waals surface area contributed by atoms with Crippen molar-refractivity contribution >= 4 is 65.4 Å². The van der Waals surface area contributed by atoms with E-state index in [4.69, 9.17) is 0 Å². The van der Waals surface area contributed by atoms with Crippen LogP contribution >= 0.6 is 0 Å². The predicted octanol–water partition coefficient (Wildman–Crippen LogP) is 12.6. The first-order valence-electron chi connectivity index (χ1n) is 17.5. The molecule has 0 bridgehead atoms. The number of fused-ring (bicyclic) bond motifs is 9. The first kappa shape index (κ1) is 28.0. The number of aromatic nitrogens is 3. The van der Waals surface area contributed by atoms with Gasteiger partial charge in [0.1, 0.15) is 0 Å². The van der Waals surface area contributed by atoms with Gasteiger partial charge in [-0.3, -0.25) is 0 Å². The summed E-state index contributed by atoms with van der Waals surface area (Å²) in [5.74, 6) is 0. The molecule has 0 fully saturated rings. The largest absolute Gasteiger partial charge is 0.309 e. The molecule has 0 N–H and O–H groups in total. The van der Waals surface area contributed by atoms with Gasteiger partial charge in [-0.25, -0.2) is 0 Å². The van der Waals surface area contributed by atoms with E-state index in [1.807, 2.05) is 0 Å². The maximum atomic E-state index is 2.43. The van der Waals surface area contributed by atoms with Crippen LogP contribution in [-0.2, 0) is 0 Å². The molecule has 51 heavy (non-hydrogen) atoms. The molecule has 0 amide bonds. The first-order valence-corrected chi connectivity index (χ1v) is 17.5. The third-order valence-corrected chi connectivity index (χ3v) is 10.6. The van der Waals surface area contributed by atoms with Gasteiger partial charge in [-0.15, -0.1) is 0 Å². The van der Waals surface area contributed by atoms with Crippen molar-refractivity contribution in [2.45, 2.75) is 0 Å². The summed E-state index contributed by atoms with van der Waals surface area (Å²) in [6.45, 7) is 0. The van der Waals surface area contributed by atoms with E-state index in [-0.39, 0.29) is 0 Å². The van der Waals surface area contributed by atoms with Crippen molar-refractivity contribution in [1.82, 2.24) is 13.7 Å². The Balaban J connectivity index is 1.11. The van der Waals surface area contributed by atoms with Crippen molar-refractivity contribution in [3.63, 3.8) is 0 Å². The summed E-state index contributed by atoms with van der Waals surface area (Å²) in [4.78, 5) is 0. The van der Waals surface area contributed by atoms with Crippen LogP contribution in [0.4, 0.5) is 0 Å². The lowest BCUT2D eigenvalue weighted by molar-refractivity contribution is 1.15. The van der Waals surface area contributed by atoms with Gasteiger partial charge in [0, 0.05) is 49.4 Å². The van der Waals surface area contributed by atoms with E-state index >= 15 is 0 Å². The Bertz CT molecular complexity index is 3120. The fraction of sp³-hybridized carbons (Fsp3) is 0. The second kappa shape index (κ2) is 10.8. The highest BCUT2D eigenvalue weighted by Gasteiger charge is 2.18. The van der Waals surface area contributed by atoms with Crippen LogP contribution in [0.3, 0.4) is 0 Å². The SMILES string of the molecule is c1ccc(-n2c3ccccc3c3cc(-c4ccc5c(c4)c4ccccc4n5-c4ccc5c6ccccc6n(-c6ccccc6)c5c4)ccc32)cc1. The molecule has 0 unspecified atom stereocenters. The van der Waals surface area contributed by atoms with Crippen molar-refractivity contribution in [3.8, 4) is 28.2 Å². The number of benzene rings is 8. The summed E-state index contributed by atoms with van der Waals surface area (Å²) >= 11 is 0. The number of nitrogens with zero attached hydrogens (tertiary/aromatic N) is 3. The standard InChI is InChI=1S/C48H31N3/c1-3-13-34(14-4-1)49-44-21-11-8-18-38(44)41-29-32(23-27-46(41)49)33-24-28-47-42(30-33)39-19-9-12-22-45(39)51(47)36-25-26-40-37-17-7-10-20-43(37)50(48(40)31-36)35-15-5-2-6-16-35/h1-31H. The highest BCUT2D eigenvalue weighted by Crippen LogP contribution is 2.40. The molecule has 0 saturated heterocycles. The molecule has 8 aromatic carbocycles. The van der Waals surface area contributed by atoms with Gasteiger partial charge in [-0.2, -0.15) is 0 Å². The fourth-order valence-corrected chi connectivity index (χ4v) is 8.39. The Labute approximate surface area is 294 Å². The van der Waals surface area contributed by atoms with Crippen LogP contribution in [0, 0.1) is 0 Å². The van der Waals surface area contributed by atoms with Gasteiger partial charge in [0.25, 0.3) is 0 Å². The molecule has 11 aromatic rings. The number of para-hydroxylation sites is 5. The summed E-state index contributed by atoms with van der Waals surface area (Å²) in [5, 5.41) is 7.54. The second-order valence-corrected chi connectivity index (χ2v) is 13.4. The molecular formula is C48H31N3. The third-order valence-electron chi connectivity index (χ3n) is 10.6. The molecule has 0 aliphatic carbocycles. The van der Waals surface area contributed by atoms with Crippen LogP contribution in [-0.4, -0.2) is 13.7 Å². The first-order chi connectivity index (χ1) is 25.3. The average molecular weight is 650 g/mol. The van der Waals surface area contributed by atoms with Crippen LogP contribution in [0.15, 0.2) is 188 Å². The quantitative estimate of drug-likeness (QED) is 0.180. The van der Waals surface area contributed by atoms with Crippen LogP contribution in [0.2, 0.25) is 0 Å². The van der Waals surface area contributed by atoms with E-state index in [9.17, 15) is 0 Å². The van der Waals surface area contributed by atoms with Crippen molar-refractivity contribution < 1.29 is 0 Å². The Morgan fingerprint density at radius 1 is 0.216 bits per heavy atom. The Hall–Kier alpha value is -6.84. The molecular weight excluding hydrogens is 619 g/mol. The minimum atomic E-state index is 1.15. The molecule has 0 radical (unpaired) electrons. The minimum absolute atomic E-state index is 1.15. The Morgan fingerprint density at radius 3 is 1.10 bits per heavy atom. The van der Waals surface area contributed by atoms with Crippen molar-refractivity contribution in [1.29, 1.82) is 0 Å². The van der Waals surface area contributed by atoms with Crippen LogP contribution < -0.4 is 0 Å². The summed E-state index contributed by atoms with van der Waals surface area (Å²) < 4.78 is 7.20. The third kappa shape index (κ3) is 4.12. The summed E-state index contributed by atoms with van der Waals surface area (Å²) in [6.07, 6.45) is 0. The molecule has 0 spiro atoms. The highest BCUT2D eigenvalue weighted by molar-refractivity contribution is 6.14. The van der Waals surface area contributed by atoms with Gasteiger partial charge in [-0.1, -0.05) is 109 Å². The lowest BCUT2D eigenvalue weighted by Crippen LogP contribution is -1.96. The fourth-order valence-electron chi connectivity index (χ4n) is 8.39. The Kier molecular flexibility index (Phi) is 5.96. The maximum Gasteiger partial charge on any atom is 0.0561 e. The van der Waals surface area contributed by atoms with E-state index in [0.29, 0.717) is 0 Å². The van der Waals surface area contributed by atoms with Crippen LogP contribution in [0.5, 0.6) is 0 Å². The molecule has 3 heteroatoms. The van der Waals surface area contributed by atoms with Gasteiger partial charge in [0.2, 0.25) is 0 Å². The zero-order valence-corrected chi connectivity index (χ0v) is 27.7. The number of hydrogen-bond acceptors (Lipinski definition) is 0. The van der Waals surface area contributed by atoms with Gasteiger partial charge < -0.3 is 13.7 Å². The average Bonchev–Trinajstić information content (AvgIpc) is 3.83. The predicted molar refractivity (Wildman–Crippen MR) is 215 cm³/mol. The zero-order valence-electron chi connectivity index (χ0n) is 27.7. The second-order valence-electron chi connectivity index (χ2n) is 13.4. The summed E-state index contributed by atoms with van der Waals surface area (Å²) in [7, 11) is 0. The molecule has 0 aliphatic heterocycles. The van der Waals surface area contributed by atoms with Gasteiger partial charge in [0.05, 0.1) is 33.1 Å². The van der Waals surface area contributed by atoms with E-state index in [1.54, 1.807) is 0 Å². The monoisotopic (exact) mass is 649 g/mol.